The molecule has 5 heteroatoms. The van der Waals surface area contributed by atoms with Gasteiger partial charge in [0.25, 0.3) is 0 Å². The Kier molecular flexibility index (Phi) is 3.80. The molecule has 0 rings (SSSR count). The number of hydrogen-bond donors (Lipinski definition) is 0. The Morgan fingerprint density at radius 2 is 2.00 bits per heavy atom. The van der Waals surface area contributed by atoms with Crippen molar-refractivity contribution in [1.29, 1.82) is 0 Å². The summed E-state index contributed by atoms with van der Waals surface area (Å²) < 4.78 is 35.4. The number of allylic oxidation sites excluding steroid dienone is 2. The van der Waals surface area contributed by atoms with Crippen molar-refractivity contribution in [3.05, 3.63) is 11.9 Å². The Hall–Kier alpha value is 0.490. The van der Waals surface area contributed by atoms with Crippen LogP contribution in [0.5, 0.6) is 0 Å². The molecule has 0 aromatic carbocycles. The Labute approximate surface area is 67.4 Å². The smallest absolute Gasteiger partial charge is 0.211 e. The van der Waals surface area contributed by atoms with Crippen LogP contribution in [0.15, 0.2) is 11.9 Å². The molecule has 0 aliphatic heterocycles. The second-order valence-corrected chi connectivity index (χ2v) is 2.88. The quantitative estimate of drug-likeness (QED) is 0.674. The van der Waals surface area contributed by atoms with Crippen LogP contribution in [0.3, 0.4) is 0 Å². The molecule has 0 spiro atoms. The first-order valence-electron chi connectivity index (χ1n) is 1.95. The van der Waals surface area contributed by atoms with Gasteiger partial charge < -0.3 is 0 Å². The van der Waals surface area contributed by atoms with E-state index in [1.807, 2.05) is 15.9 Å². The van der Waals surface area contributed by atoms with Crippen molar-refractivity contribution >= 4 is 31.9 Å². The summed E-state index contributed by atoms with van der Waals surface area (Å²) in [6.45, 7) is 0. The fourth-order valence-corrected chi connectivity index (χ4v) is 0.626. The molecule has 0 atom stereocenters. The molecule has 9 heavy (non-hydrogen) atoms. The van der Waals surface area contributed by atoms with Crippen molar-refractivity contribution in [1.82, 2.24) is 0 Å². The van der Waals surface area contributed by atoms with Gasteiger partial charge in [0.05, 0.1) is 5.33 Å². The Bertz CT molecular complexity index is 115. The van der Waals surface area contributed by atoms with E-state index in [4.69, 9.17) is 0 Å². The van der Waals surface area contributed by atoms with Gasteiger partial charge in [-0.05, 0) is 15.9 Å². The molecule has 0 saturated heterocycles. The maximum Gasteiger partial charge on any atom is 0.322 e. The standard InChI is InChI=1S/C4H3Br2F3/c5-2-3(7)1-4(6,8)9/h1H,2H2. The summed E-state index contributed by atoms with van der Waals surface area (Å²) in [5, 5.41) is -0.186. The van der Waals surface area contributed by atoms with Crippen molar-refractivity contribution in [3.63, 3.8) is 0 Å². The van der Waals surface area contributed by atoms with E-state index in [9.17, 15) is 13.2 Å². The molecule has 0 aliphatic rings. The minimum absolute atomic E-state index is 0.186. The molecule has 0 bridgehead atoms. The molecule has 54 valence electrons. The zero-order valence-electron chi connectivity index (χ0n) is 4.17. The lowest BCUT2D eigenvalue weighted by Crippen LogP contribution is -1.99. The molecule has 0 saturated carbocycles. The van der Waals surface area contributed by atoms with Crippen molar-refractivity contribution in [2.24, 2.45) is 0 Å². The Morgan fingerprint density at radius 1 is 1.56 bits per heavy atom. The third-order valence-corrected chi connectivity index (χ3v) is 1.21. The van der Waals surface area contributed by atoms with Crippen LogP contribution in [-0.4, -0.2) is 10.2 Å². The normalized spacial score (nSPS) is 14.1. The molecule has 0 amide bonds. The topological polar surface area (TPSA) is 0 Å². The van der Waals surface area contributed by atoms with Crippen LogP contribution in [0.25, 0.3) is 0 Å². The highest BCUT2D eigenvalue weighted by molar-refractivity contribution is 9.10. The number of halogens is 5. The van der Waals surface area contributed by atoms with Gasteiger partial charge in [-0.15, -0.1) is 0 Å². The molecule has 0 radical (unpaired) electrons. The lowest BCUT2D eigenvalue weighted by atomic mass is 10.5. The van der Waals surface area contributed by atoms with E-state index < -0.39 is 10.7 Å². The molecule has 0 nitrogen and oxygen atoms in total. The van der Waals surface area contributed by atoms with Crippen molar-refractivity contribution in [3.8, 4) is 0 Å². The zero-order valence-corrected chi connectivity index (χ0v) is 7.35. The number of rotatable bonds is 2. The lowest BCUT2D eigenvalue weighted by Gasteiger charge is -1.99. The monoisotopic (exact) mass is 266 g/mol. The summed E-state index contributed by atoms with van der Waals surface area (Å²) in [6, 6.07) is 0. The highest BCUT2D eigenvalue weighted by Gasteiger charge is 2.20. The van der Waals surface area contributed by atoms with Crippen LogP contribution in [0.4, 0.5) is 13.2 Å². The fraction of sp³-hybridized carbons (Fsp3) is 0.500. The molecular formula is C4H3Br2F3. The van der Waals surface area contributed by atoms with Crippen LogP contribution in [-0.2, 0) is 0 Å². The minimum Gasteiger partial charge on any atom is -0.211 e. The molecule has 0 fully saturated rings. The summed E-state index contributed by atoms with van der Waals surface area (Å²) in [6.07, 6.45) is 0.196. The van der Waals surface area contributed by atoms with Gasteiger partial charge >= 0.3 is 4.83 Å². The maximum absolute atomic E-state index is 11.9. The van der Waals surface area contributed by atoms with E-state index >= 15 is 0 Å². The average Bonchev–Trinajstić information content (AvgIpc) is 1.62. The van der Waals surface area contributed by atoms with Crippen LogP contribution < -0.4 is 0 Å². The van der Waals surface area contributed by atoms with Crippen molar-refractivity contribution in [2.45, 2.75) is 4.83 Å². The summed E-state index contributed by atoms with van der Waals surface area (Å²) in [7, 11) is 0. The van der Waals surface area contributed by atoms with Gasteiger partial charge in [0.15, 0.2) is 0 Å². The van der Waals surface area contributed by atoms with Crippen LogP contribution in [0, 0.1) is 0 Å². The SMILES string of the molecule is FC(=CC(F)(F)Br)CBr. The van der Waals surface area contributed by atoms with Crippen LogP contribution in [0.1, 0.15) is 0 Å². The minimum atomic E-state index is -3.23. The van der Waals surface area contributed by atoms with E-state index in [2.05, 4.69) is 15.9 Å². The summed E-state index contributed by atoms with van der Waals surface area (Å²) >= 11 is 4.62. The molecule has 0 heterocycles. The van der Waals surface area contributed by atoms with Gasteiger partial charge in [-0.25, -0.2) is 4.39 Å². The molecule has 0 aliphatic carbocycles. The first kappa shape index (κ1) is 9.49. The largest absolute Gasteiger partial charge is 0.322 e. The predicted molar refractivity (Wildman–Crippen MR) is 36.9 cm³/mol. The van der Waals surface area contributed by atoms with Crippen LogP contribution in [0.2, 0.25) is 0 Å². The fourth-order valence-electron chi connectivity index (χ4n) is 0.216. The molecule has 0 aromatic heterocycles. The van der Waals surface area contributed by atoms with E-state index in [-0.39, 0.29) is 11.4 Å². The van der Waals surface area contributed by atoms with Crippen LogP contribution >= 0.6 is 31.9 Å². The van der Waals surface area contributed by atoms with Gasteiger partial charge in [0.1, 0.15) is 5.83 Å². The highest BCUT2D eigenvalue weighted by Crippen LogP contribution is 2.25. The van der Waals surface area contributed by atoms with E-state index in [1.165, 1.54) is 0 Å². The third-order valence-electron chi connectivity index (χ3n) is 0.448. The molecule has 0 aromatic rings. The van der Waals surface area contributed by atoms with Gasteiger partial charge in [-0.1, -0.05) is 15.9 Å². The summed E-state index contributed by atoms with van der Waals surface area (Å²) in [5.74, 6) is -0.892. The molecular weight excluding hydrogens is 265 g/mol. The van der Waals surface area contributed by atoms with Crippen molar-refractivity contribution < 1.29 is 13.2 Å². The van der Waals surface area contributed by atoms with Gasteiger partial charge in [-0.2, -0.15) is 8.78 Å². The molecule has 0 unspecified atom stereocenters. The van der Waals surface area contributed by atoms with E-state index in [0.717, 1.165) is 0 Å². The van der Waals surface area contributed by atoms with E-state index in [1.54, 1.807) is 0 Å². The Balaban J connectivity index is 3.95. The highest BCUT2D eigenvalue weighted by atomic mass is 79.9. The number of alkyl halides is 4. The first-order chi connectivity index (χ1) is 3.95. The maximum atomic E-state index is 11.9. The first-order valence-corrected chi connectivity index (χ1v) is 3.87. The number of hydrogen-bond acceptors (Lipinski definition) is 0. The second kappa shape index (κ2) is 3.61. The average molecular weight is 268 g/mol. The van der Waals surface area contributed by atoms with Gasteiger partial charge in [-0.3, -0.25) is 0 Å². The third kappa shape index (κ3) is 6.37. The Morgan fingerprint density at radius 3 is 2.11 bits per heavy atom. The predicted octanol–water partition coefficient (Wildman–Crippen LogP) is 3.22. The van der Waals surface area contributed by atoms with Crippen molar-refractivity contribution in [2.75, 3.05) is 5.33 Å². The summed E-state index contributed by atoms with van der Waals surface area (Å²) in [5.41, 5.74) is 0. The van der Waals surface area contributed by atoms with E-state index in [0.29, 0.717) is 0 Å². The lowest BCUT2D eigenvalue weighted by molar-refractivity contribution is 0.168. The molecule has 0 N–H and O–H groups in total. The van der Waals surface area contributed by atoms with Gasteiger partial charge in [0, 0.05) is 6.08 Å². The zero-order chi connectivity index (χ0) is 7.49. The summed E-state index contributed by atoms with van der Waals surface area (Å²) in [4.78, 5) is -3.23. The van der Waals surface area contributed by atoms with Gasteiger partial charge in [0.2, 0.25) is 0 Å². The second-order valence-electron chi connectivity index (χ2n) is 1.27.